The number of carbonyl (C=O) groups is 1. The molecule has 0 atom stereocenters. The van der Waals surface area contributed by atoms with Crippen LogP contribution in [0.3, 0.4) is 0 Å². The highest BCUT2D eigenvalue weighted by molar-refractivity contribution is 14.0. The average Bonchev–Trinajstić information content (AvgIpc) is 2.32. The number of rotatable bonds is 4. The SMILES string of the molecule is Cc1cccc(C(=O)NCCN=C(N)NC(C)(C)C)c1.I. The van der Waals surface area contributed by atoms with Gasteiger partial charge in [0.05, 0.1) is 6.54 Å². The van der Waals surface area contributed by atoms with Gasteiger partial charge in [0.1, 0.15) is 0 Å². The van der Waals surface area contributed by atoms with Gasteiger partial charge in [-0.15, -0.1) is 24.0 Å². The summed E-state index contributed by atoms with van der Waals surface area (Å²) in [5, 5.41) is 5.88. The molecule has 0 bridgehead atoms. The van der Waals surface area contributed by atoms with Crippen molar-refractivity contribution in [1.82, 2.24) is 10.6 Å². The van der Waals surface area contributed by atoms with E-state index < -0.39 is 0 Å². The zero-order valence-corrected chi connectivity index (χ0v) is 15.4. The van der Waals surface area contributed by atoms with Gasteiger partial charge in [-0.3, -0.25) is 9.79 Å². The summed E-state index contributed by atoms with van der Waals surface area (Å²) < 4.78 is 0. The number of aryl methyl sites for hydroxylation is 1. The van der Waals surface area contributed by atoms with Crippen LogP contribution in [0.15, 0.2) is 29.3 Å². The molecule has 1 amide bonds. The molecule has 0 saturated carbocycles. The highest BCUT2D eigenvalue weighted by atomic mass is 127. The smallest absolute Gasteiger partial charge is 0.251 e. The number of amides is 1. The molecule has 0 aliphatic rings. The van der Waals surface area contributed by atoms with Gasteiger partial charge in [-0.1, -0.05) is 17.7 Å². The number of aliphatic imine (C=N–C) groups is 1. The average molecular weight is 404 g/mol. The Morgan fingerprint density at radius 3 is 2.57 bits per heavy atom. The number of nitrogens with zero attached hydrogens (tertiary/aromatic N) is 1. The number of nitrogens with one attached hydrogen (secondary N) is 2. The molecule has 0 unspecified atom stereocenters. The maximum Gasteiger partial charge on any atom is 0.251 e. The Morgan fingerprint density at radius 2 is 2.00 bits per heavy atom. The number of carbonyl (C=O) groups excluding carboxylic acids is 1. The van der Waals surface area contributed by atoms with Gasteiger partial charge < -0.3 is 16.4 Å². The van der Waals surface area contributed by atoms with E-state index in [2.05, 4.69) is 15.6 Å². The summed E-state index contributed by atoms with van der Waals surface area (Å²) in [5.74, 6) is 0.300. The molecule has 1 aromatic carbocycles. The third-order valence-corrected chi connectivity index (χ3v) is 2.46. The first-order valence-electron chi connectivity index (χ1n) is 6.71. The minimum Gasteiger partial charge on any atom is -0.370 e. The van der Waals surface area contributed by atoms with Crippen LogP contribution in [0.4, 0.5) is 0 Å². The molecule has 1 rings (SSSR count). The number of halogens is 1. The van der Waals surface area contributed by atoms with Crippen LogP contribution in [0.1, 0.15) is 36.7 Å². The fourth-order valence-electron chi connectivity index (χ4n) is 1.66. The number of hydrogen-bond donors (Lipinski definition) is 3. The van der Waals surface area contributed by atoms with Gasteiger partial charge >= 0.3 is 0 Å². The lowest BCUT2D eigenvalue weighted by Crippen LogP contribution is -2.45. The number of hydrogen-bond acceptors (Lipinski definition) is 2. The summed E-state index contributed by atoms with van der Waals surface area (Å²) in [6, 6.07) is 7.48. The molecule has 0 heterocycles. The van der Waals surface area contributed by atoms with E-state index in [0.29, 0.717) is 24.6 Å². The molecule has 0 aliphatic carbocycles. The van der Waals surface area contributed by atoms with Gasteiger partial charge in [-0.25, -0.2) is 0 Å². The van der Waals surface area contributed by atoms with Crippen LogP contribution in [0.25, 0.3) is 0 Å². The van der Waals surface area contributed by atoms with Gasteiger partial charge in [0.2, 0.25) is 0 Å². The predicted octanol–water partition coefficient (Wildman–Crippen LogP) is 2.05. The fraction of sp³-hybridized carbons (Fsp3) is 0.467. The lowest BCUT2D eigenvalue weighted by molar-refractivity contribution is 0.0954. The van der Waals surface area contributed by atoms with Crippen LogP contribution < -0.4 is 16.4 Å². The van der Waals surface area contributed by atoms with Crippen LogP contribution in [0.5, 0.6) is 0 Å². The molecule has 0 saturated heterocycles. The Morgan fingerprint density at radius 1 is 1.33 bits per heavy atom. The molecule has 4 N–H and O–H groups in total. The molecule has 0 spiro atoms. The maximum absolute atomic E-state index is 11.9. The molecule has 0 aromatic heterocycles. The van der Waals surface area contributed by atoms with E-state index in [-0.39, 0.29) is 35.4 Å². The van der Waals surface area contributed by atoms with Crippen molar-refractivity contribution in [2.24, 2.45) is 10.7 Å². The van der Waals surface area contributed by atoms with E-state index in [1.54, 1.807) is 6.07 Å². The van der Waals surface area contributed by atoms with E-state index in [4.69, 9.17) is 5.73 Å². The van der Waals surface area contributed by atoms with Crippen LogP contribution in [-0.2, 0) is 0 Å². The normalized spacial score (nSPS) is 11.5. The Balaban J connectivity index is 0.00000400. The monoisotopic (exact) mass is 404 g/mol. The Labute approximate surface area is 143 Å². The van der Waals surface area contributed by atoms with E-state index >= 15 is 0 Å². The number of nitrogens with two attached hydrogens (primary N) is 1. The molecule has 6 heteroatoms. The van der Waals surface area contributed by atoms with E-state index in [0.717, 1.165) is 5.56 Å². The molecule has 0 fully saturated rings. The zero-order chi connectivity index (χ0) is 15.2. The molecular formula is C15H25IN4O. The molecule has 5 nitrogen and oxygen atoms in total. The molecular weight excluding hydrogens is 379 g/mol. The number of guanidine groups is 1. The van der Waals surface area contributed by atoms with E-state index in [1.165, 1.54) is 0 Å². The van der Waals surface area contributed by atoms with Crippen LogP contribution in [0, 0.1) is 6.92 Å². The minimum absolute atomic E-state index is 0. The maximum atomic E-state index is 11.9. The van der Waals surface area contributed by atoms with Gasteiger partial charge in [0.25, 0.3) is 5.91 Å². The molecule has 0 radical (unpaired) electrons. The van der Waals surface area contributed by atoms with Crippen LogP contribution in [0.2, 0.25) is 0 Å². The summed E-state index contributed by atoms with van der Waals surface area (Å²) in [7, 11) is 0. The van der Waals surface area contributed by atoms with Crippen molar-refractivity contribution in [3.05, 3.63) is 35.4 Å². The Kier molecular flexibility index (Phi) is 8.31. The van der Waals surface area contributed by atoms with Crippen molar-refractivity contribution in [2.45, 2.75) is 33.2 Å². The summed E-state index contributed by atoms with van der Waals surface area (Å²) in [5.41, 5.74) is 7.35. The third kappa shape index (κ3) is 8.54. The van der Waals surface area contributed by atoms with Gasteiger partial charge in [0, 0.05) is 17.6 Å². The second kappa shape index (κ2) is 8.86. The Bertz CT molecular complexity index is 495. The van der Waals surface area contributed by atoms with E-state index in [1.807, 2.05) is 45.9 Å². The highest BCUT2D eigenvalue weighted by Crippen LogP contribution is 2.03. The first kappa shape index (κ1) is 19.7. The molecule has 21 heavy (non-hydrogen) atoms. The first-order valence-corrected chi connectivity index (χ1v) is 6.71. The van der Waals surface area contributed by atoms with Crippen LogP contribution >= 0.6 is 24.0 Å². The van der Waals surface area contributed by atoms with Crippen molar-refractivity contribution in [3.8, 4) is 0 Å². The summed E-state index contributed by atoms with van der Waals surface area (Å²) in [4.78, 5) is 16.0. The summed E-state index contributed by atoms with van der Waals surface area (Å²) >= 11 is 0. The van der Waals surface area contributed by atoms with Crippen LogP contribution in [-0.4, -0.2) is 30.5 Å². The van der Waals surface area contributed by atoms with Gasteiger partial charge in [0.15, 0.2) is 5.96 Å². The van der Waals surface area contributed by atoms with E-state index in [9.17, 15) is 4.79 Å². The van der Waals surface area contributed by atoms with Crippen molar-refractivity contribution >= 4 is 35.8 Å². The highest BCUT2D eigenvalue weighted by Gasteiger charge is 2.09. The Hall–Kier alpha value is -1.31. The van der Waals surface area contributed by atoms with Crippen molar-refractivity contribution in [2.75, 3.05) is 13.1 Å². The van der Waals surface area contributed by atoms with Crippen molar-refractivity contribution in [1.29, 1.82) is 0 Å². The largest absolute Gasteiger partial charge is 0.370 e. The topological polar surface area (TPSA) is 79.5 Å². The second-order valence-electron chi connectivity index (χ2n) is 5.77. The third-order valence-electron chi connectivity index (χ3n) is 2.46. The summed E-state index contributed by atoms with van der Waals surface area (Å²) in [6.07, 6.45) is 0. The summed E-state index contributed by atoms with van der Waals surface area (Å²) in [6.45, 7) is 8.89. The predicted molar refractivity (Wildman–Crippen MR) is 98.3 cm³/mol. The molecule has 118 valence electrons. The number of benzene rings is 1. The minimum atomic E-state index is -0.113. The molecule has 1 aromatic rings. The quantitative estimate of drug-likeness (QED) is 0.311. The zero-order valence-electron chi connectivity index (χ0n) is 13.1. The fourth-order valence-corrected chi connectivity index (χ4v) is 1.66. The van der Waals surface area contributed by atoms with Crippen molar-refractivity contribution < 1.29 is 4.79 Å². The second-order valence-corrected chi connectivity index (χ2v) is 5.77. The van der Waals surface area contributed by atoms with Gasteiger partial charge in [-0.05, 0) is 39.8 Å². The van der Waals surface area contributed by atoms with Crippen molar-refractivity contribution in [3.63, 3.8) is 0 Å². The molecule has 0 aliphatic heterocycles. The van der Waals surface area contributed by atoms with Gasteiger partial charge in [-0.2, -0.15) is 0 Å². The lowest BCUT2D eigenvalue weighted by Gasteiger charge is -2.20. The lowest BCUT2D eigenvalue weighted by atomic mass is 10.1. The first-order chi connectivity index (χ1) is 9.28. The standard InChI is InChI=1S/C15H24N4O.HI/c1-11-6-5-7-12(10-11)13(20)17-8-9-18-14(16)19-15(2,3)4;/h5-7,10H,8-9H2,1-4H3,(H,17,20)(H3,16,18,19);1H.